The van der Waals surface area contributed by atoms with Gasteiger partial charge in [0.2, 0.25) is 0 Å². The van der Waals surface area contributed by atoms with Crippen molar-refractivity contribution in [2.24, 2.45) is 0 Å². The standard InChI is InChI=1S/C41H23N3/c1-4-11-35-26(6-1)22-28-23-27(16-20-37(28)42-35)36-19-14-24-12-13-25-15-21-38(44-41(25)40(24)43-36)31-17-18-34-30-8-3-2-7-29(30)32-9-5-10-33(31)39(32)34/h1-23H. The normalized spacial score (nSPS) is 12.1. The van der Waals surface area contributed by atoms with Gasteiger partial charge in [-0.25, -0.2) is 15.0 Å². The molecule has 9 aromatic rings. The minimum Gasteiger partial charge on any atom is -0.248 e. The molecule has 1 aliphatic rings. The van der Waals surface area contributed by atoms with Crippen LogP contribution in [0.25, 0.3) is 99.2 Å². The smallest absolute Gasteiger partial charge is 0.0972 e. The molecular weight excluding hydrogens is 534 g/mol. The van der Waals surface area contributed by atoms with Crippen LogP contribution in [0.1, 0.15) is 0 Å². The number of rotatable bonds is 2. The SMILES string of the molecule is c1ccc2c(c1)-c1cccc3c(-c4ccc5ccc6ccc(-c7ccc8nc9ccccc9cc8c7)nc6c5n4)ccc-2c13. The van der Waals surface area contributed by atoms with Gasteiger partial charge in [0.05, 0.1) is 33.5 Å². The number of hydrogen-bond donors (Lipinski definition) is 0. The van der Waals surface area contributed by atoms with E-state index in [0.29, 0.717) is 0 Å². The number of fused-ring (bicyclic) bond motifs is 8. The summed E-state index contributed by atoms with van der Waals surface area (Å²) in [7, 11) is 0. The van der Waals surface area contributed by atoms with E-state index in [1.807, 2.05) is 6.07 Å². The van der Waals surface area contributed by atoms with Crippen LogP contribution >= 0.6 is 0 Å². The summed E-state index contributed by atoms with van der Waals surface area (Å²) in [6.45, 7) is 0. The highest BCUT2D eigenvalue weighted by molar-refractivity contribution is 6.18. The zero-order chi connectivity index (χ0) is 28.8. The molecule has 0 spiro atoms. The lowest BCUT2D eigenvalue weighted by atomic mass is 9.96. The lowest BCUT2D eigenvalue weighted by Crippen LogP contribution is -1.92. The minimum atomic E-state index is 0.914. The number of benzene rings is 6. The van der Waals surface area contributed by atoms with Crippen LogP contribution in [-0.2, 0) is 0 Å². The van der Waals surface area contributed by atoms with E-state index in [1.54, 1.807) is 0 Å². The van der Waals surface area contributed by atoms with Gasteiger partial charge in [0.25, 0.3) is 0 Å². The fraction of sp³-hybridized carbons (Fsp3) is 0. The third-order valence-corrected chi connectivity index (χ3v) is 9.16. The largest absolute Gasteiger partial charge is 0.248 e. The third-order valence-electron chi connectivity index (χ3n) is 9.16. The summed E-state index contributed by atoms with van der Waals surface area (Å²) in [5.41, 5.74) is 13.1. The lowest BCUT2D eigenvalue weighted by molar-refractivity contribution is 1.37. The lowest BCUT2D eigenvalue weighted by Gasteiger charge is -2.11. The van der Waals surface area contributed by atoms with Crippen molar-refractivity contribution in [2.75, 3.05) is 0 Å². The fourth-order valence-corrected chi connectivity index (χ4v) is 7.05. The predicted molar refractivity (Wildman–Crippen MR) is 183 cm³/mol. The molecule has 0 N–H and O–H groups in total. The van der Waals surface area contributed by atoms with Crippen LogP contribution in [0.5, 0.6) is 0 Å². The molecule has 1 aliphatic carbocycles. The maximum absolute atomic E-state index is 5.30. The topological polar surface area (TPSA) is 38.7 Å². The second-order valence-electron chi connectivity index (χ2n) is 11.6. The van der Waals surface area contributed by atoms with Crippen molar-refractivity contribution in [2.45, 2.75) is 0 Å². The number of para-hydroxylation sites is 1. The van der Waals surface area contributed by atoms with E-state index in [4.69, 9.17) is 15.0 Å². The Hall–Kier alpha value is -5.93. The molecule has 3 heterocycles. The Morgan fingerprint density at radius 3 is 1.82 bits per heavy atom. The van der Waals surface area contributed by atoms with Gasteiger partial charge in [0.1, 0.15) is 0 Å². The Morgan fingerprint density at radius 2 is 0.977 bits per heavy atom. The first-order valence-corrected chi connectivity index (χ1v) is 14.9. The molecule has 44 heavy (non-hydrogen) atoms. The molecule has 6 aromatic carbocycles. The highest BCUT2D eigenvalue weighted by atomic mass is 14.8. The maximum atomic E-state index is 5.30. The number of hydrogen-bond acceptors (Lipinski definition) is 3. The quantitative estimate of drug-likeness (QED) is 0.157. The average molecular weight is 558 g/mol. The second kappa shape index (κ2) is 8.79. The molecule has 0 aliphatic heterocycles. The van der Waals surface area contributed by atoms with Gasteiger partial charge in [-0.05, 0) is 69.4 Å². The number of pyridine rings is 3. The van der Waals surface area contributed by atoms with Gasteiger partial charge in [-0.3, -0.25) is 0 Å². The van der Waals surface area contributed by atoms with E-state index in [-0.39, 0.29) is 0 Å². The Balaban J connectivity index is 1.15. The van der Waals surface area contributed by atoms with E-state index in [9.17, 15) is 0 Å². The maximum Gasteiger partial charge on any atom is 0.0972 e. The zero-order valence-corrected chi connectivity index (χ0v) is 23.6. The summed E-state index contributed by atoms with van der Waals surface area (Å²) in [6.07, 6.45) is 0. The van der Waals surface area contributed by atoms with E-state index in [1.165, 1.54) is 33.0 Å². The van der Waals surface area contributed by atoms with Crippen LogP contribution in [0, 0.1) is 0 Å². The number of aromatic nitrogens is 3. The summed E-state index contributed by atoms with van der Waals surface area (Å²) >= 11 is 0. The molecule has 0 unspecified atom stereocenters. The van der Waals surface area contributed by atoms with Crippen molar-refractivity contribution in [1.29, 1.82) is 0 Å². The van der Waals surface area contributed by atoms with Crippen LogP contribution in [-0.4, -0.2) is 15.0 Å². The molecule has 0 atom stereocenters. The van der Waals surface area contributed by atoms with Gasteiger partial charge in [-0.15, -0.1) is 0 Å². The van der Waals surface area contributed by atoms with Gasteiger partial charge in [-0.1, -0.05) is 103 Å². The summed E-state index contributed by atoms with van der Waals surface area (Å²) < 4.78 is 0. The Labute approximate surface area is 253 Å². The highest BCUT2D eigenvalue weighted by Crippen LogP contribution is 2.49. The Morgan fingerprint density at radius 1 is 0.341 bits per heavy atom. The average Bonchev–Trinajstić information content (AvgIpc) is 3.41. The first-order chi connectivity index (χ1) is 21.8. The molecule has 0 radical (unpaired) electrons. The molecule has 0 saturated carbocycles. The van der Waals surface area contributed by atoms with Gasteiger partial charge < -0.3 is 0 Å². The minimum absolute atomic E-state index is 0.914. The van der Waals surface area contributed by atoms with Crippen LogP contribution in [0.3, 0.4) is 0 Å². The molecule has 10 rings (SSSR count). The molecule has 3 aromatic heterocycles. The van der Waals surface area contributed by atoms with Crippen LogP contribution in [0.15, 0.2) is 140 Å². The molecule has 3 heteroatoms. The first-order valence-electron chi connectivity index (χ1n) is 14.9. The predicted octanol–water partition coefficient (Wildman–Crippen LogP) is 10.6. The van der Waals surface area contributed by atoms with E-state index in [2.05, 4.69) is 133 Å². The van der Waals surface area contributed by atoms with Crippen molar-refractivity contribution in [3.63, 3.8) is 0 Å². The van der Waals surface area contributed by atoms with Crippen LogP contribution < -0.4 is 0 Å². The zero-order valence-electron chi connectivity index (χ0n) is 23.6. The van der Waals surface area contributed by atoms with E-state index < -0.39 is 0 Å². The second-order valence-corrected chi connectivity index (χ2v) is 11.6. The van der Waals surface area contributed by atoms with Crippen molar-refractivity contribution in [3.8, 4) is 44.8 Å². The van der Waals surface area contributed by atoms with Crippen molar-refractivity contribution < 1.29 is 0 Å². The summed E-state index contributed by atoms with van der Waals surface area (Å²) in [5.74, 6) is 0. The van der Waals surface area contributed by atoms with Gasteiger partial charge in [0, 0.05) is 32.7 Å². The van der Waals surface area contributed by atoms with Gasteiger partial charge in [-0.2, -0.15) is 0 Å². The van der Waals surface area contributed by atoms with E-state index >= 15 is 0 Å². The monoisotopic (exact) mass is 557 g/mol. The van der Waals surface area contributed by atoms with Crippen LogP contribution in [0.2, 0.25) is 0 Å². The van der Waals surface area contributed by atoms with Gasteiger partial charge in [0.15, 0.2) is 0 Å². The molecule has 0 bridgehead atoms. The summed E-state index contributed by atoms with van der Waals surface area (Å²) in [5, 5.41) is 6.95. The van der Waals surface area contributed by atoms with Crippen molar-refractivity contribution in [1.82, 2.24) is 15.0 Å². The summed E-state index contributed by atoms with van der Waals surface area (Å²) in [6, 6.07) is 49.6. The van der Waals surface area contributed by atoms with Crippen molar-refractivity contribution >= 4 is 54.4 Å². The van der Waals surface area contributed by atoms with E-state index in [0.717, 1.165) is 66.1 Å². The van der Waals surface area contributed by atoms with Gasteiger partial charge >= 0.3 is 0 Å². The van der Waals surface area contributed by atoms with Crippen LogP contribution in [0.4, 0.5) is 0 Å². The molecule has 0 amide bonds. The molecule has 202 valence electrons. The molecule has 3 nitrogen and oxygen atoms in total. The number of nitrogens with zero attached hydrogens (tertiary/aromatic N) is 3. The first kappa shape index (κ1) is 23.6. The highest BCUT2D eigenvalue weighted by Gasteiger charge is 2.22. The Kier molecular flexibility index (Phi) is 4.72. The third kappa shape index (κ3) is 3.35. The van der Waals surface area contributed by atoms with Crippen molar-refractivity contribution in [3.05, 3.63) is 140 Å². The molecule has 0 saturated heterocycles. The fourth-order valence-electron chi connectivity index (χ4n) is 7.05. The summed E-state index contributed by atoms with van der Waals surface area (Å²) in [4.78, 5) is 15.4. The Bertz CT molecular complexity index is 2640. The molecular formula is C41H23N3. The molecule has 0 fully saturated rings.